The Morgan fingerprint density at radius 2 is 1.75 bits per heavy atom. The quantitative estimate of drug-likeness (QED) is 0.801. The summed E-state index contributed by atoms with van der Waals surface area (Å²) >= 11 is 1.80. The minimum absolute atomic E-state index is 0.181. The molecule has 102 valence electrons. The van der Waals surface area contributed by atoms with Gasteiger partial charge in [-0.25, -0.2) is 0 Å². The molecule has 2 nitrogen and oxygen atoms in total. The zero-order valence-corrected chi connectivity index (χ0v) is 12.1. The zero-order valence-electron chi connectivity index (χ0n) is 11.3. The Labute approximate surface area is 123 Å². The third kappa shape index (κ3) is 2.88. The summed E-state index contributed by atoms with van der Waals surface area (Å²) in [7, 11) is 0. The molecule has 1 aliphatic rings. The fourth-order valence-corrected chi connectivity index (χ4v) is 3.37. The van der Waals surface area contributed by atoms with E-state index in [1.807, 2.05) is 41.3 Å². The fourth-order valence-electron chi connectivity index (χ4n) is 2.48. The zero-order chi connectivity index (χ0) is 13.8. The van der Waals surface area contributed by atoms with Crippen LogP contribution in [0.2, 0.25) is 0 Å². The highest BCUT2D eigenvalue weighted by Crippen LogP contribution is 2.21. The molecule has 3 rings (SSSR count). The maximum absolute atomic E-state index is 12.4. The van der Waals surface area contributed by atoms with E-state index in [0.29, 0.717) is 0 Å². The number of carbonyl (C=O) groups excluding carboxylic acids is 1. The van der Waals surface area contributed by atoms with Crippen molar-refractivity contribution in [3.8, 4) is 0 Å². The van der Waals surface area contributed by atoms with Gasteiger partial charge in [-0.1, -0.05) is 36.4 Å². The van der Waals surface area contributed by atoms with Crippen LogP contribution >= 0.6 is 11.8 Å². The molecular weight excluding hydrogens is 266 g/mol. The van der Waals surface area contributed by atoms with E-state index >= 15 is 0 Å². The van der Waals surface area contributed by atoms with Gasteiger partial charge in [-0.15, -0.1) is 11.8 Å². The van der Waals surface area contributed by atoms with Crippen LogP contribution in [0.1, 0.15) is 15.9 Å². The molecule has 0 unspecified atom stereocenters. The second-order valence-electron chi connectivity index (χ2n) is 4.86. The summed E-state index contributed by atoms with van der Waals surface area (Å²) in [4.78, 5) is 15.6. The Hall–Kier alpha value is -1.74. The van der Waals surface area contributed by atoms with Gasteiger partial charge in [0.1, 0.15) is 0 Å². The van der Waals surface area contributed by atoms with E-state index in [-0.39, 0.29) is 5.91 Å². The van der Waals surface area contributed by atoms with Crippen molar-refractivity contribution < 1.29 is 4.79 Å². The second-order valence-corrected chi connectivity index (χ2v) is 6.03. The summed E-state index contributed by atoms with van der Waals surface area (Å²) in [6.07, 6.45) is 0.970. The van der Waals surface area contributed by atoms with Crippen molar-refractivity contribution in [3.05, 3.63) is 65.7 Å². The first kappa shape index (κ1) is 13.3. The van der Waals surface area contributed by atoms with Crippen LogP contribution in [0.25, 0.3) is 0 Å². The molecule has 1 heterocycles. The average molecular weight is 283 g/mol. The van der Waals surface area contributed by atoms with E-state index in [4.69, 9.17) is 0 Å². The van der Waals surface area contributed by atoms with Crippen molar-refractivity contribution in [2.45, 2.75) is 11.3 Å². The van der Waals surface area contributed by atoms with Crippen molar-refractivity contribution >= 4 is 17.7 Å². The molecule has 0 bridgehead atoms. The number of benzene rings is 2. The van der Waals surface area contributed by atoms with Gasteiger partial charge in [0.25, 0.3) is 5.91 Å². The Kier molecular flexibility index (Phi) is 4.07. The van der Waals surface area contributed by atoms with Gasteiger partial charge in [0.15, 0.2) is 0 Å². The summed E-state index contributed by atoms with van der Waals surface area (Å²) < 4.78 is 0. The van der Waals surface area contributed by atoms with Crippen molar-refractivity contribution in [1.82, 2.24) is 4.90 Å². The molecule has 0 spiro atoms. The van der Waals surface area contributed by atoms with Gasteiger partial charge in [0.2, 0.25) is 0 Å². The topological polar surface area (TPSA) is 20.3 Å². The molecule has 0 aromatic heterocycles. The molecule has 3 heteroatoms. The van der Waals surface area contributed by atoms with E-state index in [1.54, 1.807) is 11.8 Å². The van der Waals surface area contributed by atoms with Gasteiger partial charge in [-0.3, -0.25) is 4.79 Å². The van der Waals surface area contributed by atoms with Crippen LogP contribution in [0, 0.1) is 0 Å². The van der Waals surface area contributed by atoms with Crippen molar-refractivity contribution in [1.29, 1.82) is 0 Å². The molecule has 20 heavy (non-hydrogen) atoms. The number of thioether (sulfide) groups is 1. The van der Waals surface area contributed by atoms with Gasteiger partial charge >= 0.3 is 0 Å². The Morgan fingerprint density at radius 3 is 2.60 bits per heavy atom. The number of hydrogen-bond donors (Lipinski definition) is 0. The van der Waals surface area contributed by atoms with E-state index in [1.165, 1.54) is 10.5 Å². The minimum Gasteiger partial charge on any atom is -0.337 e. The number of hydrogen-bond acceptors (Lipinski definition) is 2. The first-order chi connectivity index (χ1) is 9.84. The minimum atomic E-state index is 0.181. The van der Waals surface area contributed by atoms with Gasteiger partial charge < -0.3 is 4.90 Å². The number of carbonyl (C=O) groups is 1. The molecule has 0 fully saturated rings. The van der Waals surface area contributed by atoms with Gasteiger partial charge in [0, 0.05) is 29.3 Å². The van der Waals surface area contributed by atoms with Crippen LogP contribution in [-0.4, -0.2) is 29.6 Å². The molecule has 0 N–H and O–H groups in total. The van der Waals surface area contributed by atoms with Crippen molar-refractivity contribution in [3.63, 3.8) is 0 Å². The smallest absolute Gasteiger partial charge is 0.254 e. The lowest BCUT2D eigenvalue weighted by molar-refractivity contribution is 0.0751. The molecule has 0 atom stereocenters. The third-order valence-electron chi connectivity index (χ3n) is 3.56. The first-order valence-corrected chi connectivity index (χ1v) is 7.88. The normalized spacial score (nSPS) is 14.2. The van der Waals surface area contributed by atoms with Crippen LogP contribution in [0.4, 0.5) is 0 Å². The molecule has 0 saturated heterocycles. The number of rotatable bonds is 4. The predicted molar refractivity (Wildman–Crippen MR) is 83.2 cm³/mol. The number of amides is 1. The molecule has 0 aliphatic carbocycles. The summed E-state index contributed by atoms with van der Waals surface area (Å²) in [6, 6.07) is 18.3. The second kappa shape index (κ2) is 6.14. The van der Waals surface area contributed by atoms with Gasteiger partial charge in [0.05, 0.1) is 0 Å². The molecule has 0 saturated carbocycles. The fraction of sp³-hybridized carbons (Fsp3) is 0.235. The standard InChI is InChI=1S/C17H17NOS/c19-17-16-9-5-4-6-14(16)10-11-18(17)12-13-20-15-7-2-1-3-8-15/h1-9H,10-13H2. The lowest BCUT2D eigenvalue weighted by Crippen LogP contribution is -2.38. The van der Waals surface area contributed by atoms with E-state index in [2.05, 4.69) is 18.2 Å². The predicted octanol–water partition coefficient (Wildman–Crippen LogP) is 3.48. The lowest BCUT2D eigenvalue weighted by atomic mass is 9.99. The van der Waals surface area contributed by atoms with Crippen LogP contribution in [0.5, 0.6) is 0 Å². The van der Waals surface area contributed by atoms with Crippen molar-refractivity contribution in [2.24, 2.45) is 0 Å². The van der Waals surface area contributed by atoms with E-state index < -0.39 is 0 Å². The first-order valence-electron chi connectivity index (χ1n) is 6.89. The summed E-state index contributed by atoms with van der Waals surface area (Å²) in [5.74, 6) is 1.12. The Bertz CT molecular complexity index is 597. The molecule has 2 aromatic carbocycles. The summed E-state index contributed by atoms with van der Waals surface area (Å²) in [5.41, 5.74) is 2.06. The highest BCUT2D eigenvalue weighted by atomic mass is 32.2. The van der Waals surface area contributed by atoms with Crippen LogP contribution in [0.15, 0.2) is 59.5 Å². The molecule has 1 aliphatic heterocycles. The average Bonchev–Trinajstić information content (AvgIpc) is 2.51. The summed E-state index contributed by atoms with van der Waals surface area (Å²) in [6.45, 7) is 1.65. The Morgan fingerprint density at radius 1 is 1.00 bits per heavy atom. The van der Waals surface area contributed by atoms with Gasteiger partial charge in [-0.2, -0.15) is 0 Å². The van der Waals surface area contributed by atoms with Crippen LogP contribution in [0.3, 0.4) is 0 Å². The van der Waals surface area contributed by atoms with Crippen LogP contribution in [-0.2, 0) is 6.42 Å². The SMILES string of the molecule is O=C1c2ccccc2CCN1CCSc1ccccc1. The summed E-state index contributed by atoms with van der Waals surface area (Å²) in [5, 5.41) is 0. The molecule has 0 radical (unpaired) electrons. The monoisotopic (exact) mass is 283 g/mol. The maximum atomic E-state index is 12.4. The molecular formula is C17H17NOS. The van der Waals surface area contributed by atoms with E-state index in [0.717, 1.165) is 30.8 Å². The highest BCUT2D eigenvalue weighted by molar-refractivity contribution is 7.99. The third-order valence-corrected chi connectivity index (χ3v) is 4.55. The van der Waals surface area contributed by atoms with E-state index in [9.17, 15) is 4.79 Å². The van der Waals surface area contributed by atoms with Gasteiger partial charge in [-0.05, 0) is 30.2 Å². The number of nitrogens with zero attached hydrogens (tertiary/aromatic N) is 1. The Balaban J connectivity index is 1.58. The maximum Gasteiger partial charge on any atom is 0.254 e. The number of fused-ring (bicyclic) bond motifs is 1. The van der Waals surface area contributed by atoms with Crippen molar-refractivity contribution in [2.75, 3.05) is 18.8 Å². The highest BCUT2D eigenvalue weighted by Gasteiger charge is 2.23. The largest absolute Gasteiger partial charge is 0.337 e. The molecule has 1 amide bonds. The van der Waals surface area contributed by atoms with Crippen LogP contribution < -0.4 is 0 Å². The lowest BCUT2D eigenvalue weighted by Gasteiger charge is -2.28. The molecule has 2 aromatic rings.